The molecule has 0 bridgehead atoms. The topological polar surface area (TPSA) is 113 Å². The minimum atomic E-state index is -0.501. The Bertz CT molecular complexity index is 841. The van der Waals surface area contributed by atoms with E-state index in [-0.39, 0.29) is 5.69 Å². The zero-order chi connectivity index (χ0) is 15.5. The number of carbonyl (C=O) groups excluding carboxylic acids is 1. The van der Waals surface area contributed by atoms with Crippen LogP contribution in [0.25, 0.3) is 11.0 Å². The molecule has 110 valence electrons. The van der Waals surface area contributed by atoms with Gasteiger partial charge in [-0.15, -0.1) is 0 Å². The van der Waals surface area contributed by atoms with Crippen molar-refractivity contribution in [1.29, 1.82) is 0 Å². The van der Waals surface area contributed by atoms with Gasteiger partial charge in [-0.1, -0.05) is 0 Å². The summed E-state index contributed by atoms with van der Waals surface area (Å²) in [6, 6.07) is 10.5. The van der Waals surface area contributed by atoms with E-state index in [1.165, 1.54) is 24.3 Å². The number of fused-ring (bicyclic) bond motifs is 1. The lowest BCUT2D eigenvalue weighted by atomic mass is 10.3. The van der Waals surface area contributed by atoms with Crippen molar-refractivity contribution in [2.24, 2.45) is 0 Å². The number of carbonyl (C=O) groups is 1. The second kappa shape index (κ2) is 5.52. The molecule has 0 spiro atoms. The van der Waals surface area contributed by atoms with Gasteiger partial charge in [0.25, 0.3) is 5.69 Å². The monoisotopic (exact) mass is 297 g/mol. The van der Waals surface area contributed by atoms with Crippen molar-refractivity contribution in [3.8, 4) is 0 Å². The molecule has 2 aromatic heterocycles. The summed E-state index contributed by atoms with van der Waals surface area (Å²) in [5.74, 6) is 0.398. The number of hydrogen-bond acceptors (Lipinski definition) is 4. The number of aromatic nitrogens is 2. The number of nitro groups is 1. The molecule has 0 radical (unpaired) electrons. The maximum Gasteiger partial charge on any atom is 0.324 e. The Morgan fingerprint density at radius 2 is 1.86 bits per heavy atom. The standard InChI is InChI=1S/C14H11N5O3/c20-14(16-10-2-4-11(5-3-10)19(21)22)18-12-6-1-9-7-8-15-13(9)17-12/h1-8H,(H3,15,16,17,18,20). The molecule has 8 heteroatoms. The van der Waals surface area contributed by atoms with Crippen LogP contribution in [0, 0.1) is 10.1 Å². The van der Waals surface area contributed by atoms with E-state index in [1.54, 1.807) is 12.3 Å². The Morgan fingerprint density at radius 3 is 2.59 bits per heavy atom. The van der Waals surface area contributed by atoms with E-state index in [1.807, 2.05) is 12.1 Å². The smallest absolute Gasteiger partial charge is 0.324 e. The summed E-state index contributed by atoms with van der Waals surface area (Å²) >= 11 is 0. The highest BCUT2D eigenvalue weighted by molar-refractivity contribution is 5.99. The first-order valence-electron chi connectivity index (χ1n) is 6.38. The predicted molar refractivity (Wildman–Crippen MR) is 81.8 cm³/mol. The summed E-state index contributed by atoms with van der Waals surface area (Å²) in [6.07, 6.45) is 1.76. The van der Waals surface area contributed by atoms with Crippen molar-refractivity contribution in [1.82, 2.24) is 9.97 Å². The van der Waals surface area contributed by atoms with E-state index in [9.17, 15) is 14.9 Å². The second-order valence-corrected chi connectivity index (χ2v) is 4.50. The van der Waals surface area contributed by atoms with Crippen LogP contribution in [0.3, 0.4) is 0 Å². The highest BCUT2D eigenvalue weighted by Gasteiger charge is 2.07. The van der Waals surface area contributed by atoms with Crippen LogP contribution < -0.4 is 10.6 Å². The lowest BCUT2D eigenvalue weighted by Gasteiger charge is -2.06. The van der Waals surface area contributed by atoms with Crippen LogP contribution >= 0.6 is 0 Å². The number of benzene rings is 1. The summed E-state index contributed by atoms with van der Waals surface area (Å²) in [4.78, 5) is 29.1. The number of nitro benzene ring substituents is 1. The van der Waals surface area contributed by atoms with Gasteiger partial charge in [0.15, 0.2) is 0 Å². The number of non-ortho nitro benzene ring substituents is 1. The molecule has 0 aliphatic heterocycles. The largest absolute Gasteiger partial charge is 0.346 e. The van der Waals surface area contributed by atoms with Crippen molar-refractivity contribution in [3.05, 3.63) is 58.8 Å². The van der Waals surface area contributed by atoms with Gasteiger partial charge in [-0.2, -0.15) is 0 Å². The van der Waals surface area contributed by atoms with E-state index in [0.717, 1.165) is 5.39 Å². The van der Waals surface area contributed by atoms with Gasteiger partial charge in [0, 0.05) is 29.4 Å². The number of anilines is 2. The van der Waals surface area contributed by atoms with Crippen LogP contribution in [0.1, 0.15) is 0 Å². The quantitative estimate of drug-likeness (QED) is 0.509. The van der Waals surface area contributed by atoms with Crippen molar-refractivity contribution >= 4 is 34.3 Å². The Morgan fingerprint density at radius 1 is 1.09 bits per heavy atom. The highest BCUT2D eigenvalue weighted by atomic mass is 16.6. The first-order valence-corrected chi connectivity index (χ1v) is 6.38. The molecule has 0 unspecified atom stereocenters. The number of nitrogens with one attached hydrogen (secondary N) is 3. The molecule has 0 saturated heterocycles. The average Bonchev–Trinajstić information content (AvgIpc) is 2.95. The zero-order valence-corrected chi connectivity index (χ0v) is 11.2. The van der Waals surface area contributed by atoms with Gasteiger partial charge in [0.1, 0.15) is 11.5 Å². The molecule has 3 rings (SSSR count). The molecule has 2 heterocycles. The number of amides is 2. The summed E-state index contributed by atoms with van der Waals surface area (Å²) in [6.45, 7) is 0. The molecule has 2 amide bonds. The van der Waals surface area contributed by atoms with Gasteiger partial charge in [0.05, 0.1) is 4.92 Å². The molecule has 22 heavy (non-hydrogen) atoms. The summed E-state index contributed by atoms with van der Waals surface area (Å²) in [5, 5.41) is 16.7. The maximum absolute atomic E-state index is 11.9. The third-order valence-corrected chi connectivity index (χ3v) is 2.99. The van der Waals surface area contributed by atoms with Gasteiger partial charge in [-0.05, 0) is 30.3 Å². The maximum atomic E-state index is 11.9. The van der Waals surface area contributed by atoms with Crippen LogP contribution in [0.4, 0.5) is 22.0 Å². The third-order valence-electron chi connectivity index (χ3n) is 2.99. The molecular formula is C14H11N5O3. The number of rotatable bonds is 3. The van der Waals surface area contributed by atoms with Crippen LogP contribution in [0.15, 0.2) is 48.7 Å². The Kier molecular flexibility index (Phi) is 3.40. The Hall–Kier alpha value is -3.42. The Balaban J connectivity index is 1.67. The second-order valence-electron chi connectivity index (χ2n) is 4.50. The van der Waals surface area contributed by atoms with Gasteiger partial charge < -0.3 is 10.3 Å². The molecular weight excluding hydrogens is 286 g/mol. The predicted octanol–water partition coefficient (Wildman–Crippen LogP) is 3.12. The number of nitrogens with zero attached hydrogens (tertiary/aromatic N) is 2. The van der Waals surface area contributed by atoms with E-state index in [0.29, 0.717) is 17.2 Å². The molecule has 0 atom stereocenters. The lowest BCUT2D eigenvalue weighted by Crippen LogP contribution is -2.20. The van der Waals surface area contributed by atoms with Crippen LogP contribution in [-0.4, -0.2) is 20.9 Å². The molecule has 0 saturated carbocycles. The fourth-order valence-electron chi connectivity index (χ4n) is 1.95. The molecule has 8 nitrogen and oxygen atoms in total. The first-order chi connectivity index (χ1) is 10.6. The van der Waals surface area contributed by atoms with Crippen LogP contribution in [0.5, 0.6) is 0 Å². The van der Waals surface area contributed by atoms with E-state index in [2.05, 4.69) is 20.6 Å². The van der Waals surface area contributed by atoms with Crippen molar-refractivity contribution in [3.63, 3.8) is 0 Å². The fraction of sp³-hybridized carbons (Fsp3) is 0. The third kappa shape index (κ3) is 2.85. The number of urea groups is 1. The highest BCUT2D eigenvalue weighted by Crippen LogP contribution is 2.16. The minimum Gasteiger partial charge on any atom is -0.346 e. The number of pyridine rings is 1. The summed E-state index contributed by atoms with van der Waals surface area (Å²) < 4.78 is 0. The van der Waals surface area contributed by atoms with E-state index in [4.69, 9.17) is 0 Å². The van der Waals surface area contributed by atoms with E-state index >= 15 is 0 Å². The van der Waals surface area contributed by atoms with E-state index < -0.39 is 11.0 Å². The summed E-state index contributed by atoms with van der Waals surface area (Å²) in [5.41, 5.74) is 1.09. The first kappa shape index (κ1) is 13.6. The lowest BCUT2D eigenvalue weighted by molar-refractivity contribution is -0.384. The van der Waals surface area contributed by atoms with Crippen molar-refractivity contribution in [2.45, 2.75) is 0 Å². The van der Waals surface area contributed by atoms with Gasteiger partial charge >= 0.3 is 6.03 Å². The molecule has 0 fully saturated rings. The molecule has 0 aliphatic rings. The molecule has 1 aromatic carbocycles. The van der Waals surface area contributed by atoms with Crippen molar-refractivity contribution < 1.29 is 9.72 Å². The van der Waals surface area contributed by atoms with Crippen LogP contribution in [-0.2, 0) is 0 Å². The van der Waals surface area contributed by atoms with Crippen LogP contribution in [0.2, 0.25) is 0 Å². The normalized spacial score (nSPS) is 10.4. The Labute approximate surface area is 124 Å². The van der Waals surface area contributed by atoms with Crippen molar-refractivity contribution in [2.75, 3.05) is 10.6 Å². The van der Waals surface area contributed by atoms with Gasteiger partial charge in [-0.25, -0.2) is 9.78 Å². The SMILES string of the molecule is O=C(Nc1ccc([N+](=O)[O-])cc1)Nc1ccc2cc[nH]c2n1. The number of H-pyrrole nitrogens is 1. The molecule has 3 aromatic rings. The summed E-state index contributed by atoms with van der Waals surface area (Å²) in [7, 11) is 0. The van der Waals surface area contributed by atoms with Gasteiger partial charge in [0.2, 0.25) is 0 Å². The van der Waals surface area contributed by atoms with Gasteiger partial charge in [-0.3, -0.25) is 15.4 Å². The number of aromatic amines is 1. The average molecular weight is 297 g/mol. The number of hydrogen-bond donors (Lipinski definition) is 3. The fourth-order valence-corrected chi connectivity index (χ4v) is 1.95. The molecule has 0 aliphatic carbocycles. The minimum absolute atomic E-state index is 0.0372. The molecule has 3 N–H and O–H groups in total. The zero-order valence-electron chi connectivity index (χ0n) is 11.2.